The van der Waals surface area contributed by atoms with Crippen molar-refractivity contribution in [1.82, 2.24) is 9.97 Å². The molecule has 2 aromatic heterocycles. The van der Waals surface area contributed by atoms with E-state index < -0.39 is 0 Å². The fourth-order valence-corrected chi connectivity index (χ4v) is 4.43. The molecule has 5 heteroatoms. The van der Waals surface area contributed by atoms with Crippen LogP contribution in [0.3, 0.4) is 0 Å². The normalized spacial score (nSPS) is 11.2. The Kier molecular flexibility index (Phi) is 6.97. The minimum Gasteiger partial charge on any atom is -0.497 e. The summed E-state index contributed by atoms with van der Waals surface area (Å²) in [6.45, 7) is 4.37. The number of fused-ring (bicyclic) bond motifs is 2. The Bertz CT molecular complexity index is 1280. The maximum atomic E-state index is 5.62. The van der Waals surface area contributed by atoms with E-state index in [4.69, 9.17) is 24.2 Å². The number of pyridine rings is 2. The van der Waals surface area contributed by atoms with Gasteiger partial charge in [-0.25, -0.2) is 0 Å². The highest BCUT2D eigenvalue weighted by molar-refractivity contribution is 5.91. The van der Waals surface area contributed by atoms with Crippen molar-refractivity contribution in [2.45, 2.75) is 46.0 Å². The molecule has 0 aliphatic rings. The Hall–Kier alpha value is -3.34. The predicted molar refractivity (Wildman–Crippen MR) is 134 cm³/mol. The van der Waals surface area contributed by atoms with E-state index in [0.717, 1.165) is 88.0 Å². The molecule has 0 spiro atoms. The van der Waals surface area contributed by atoms with Crippen molar-refractivity contribution < 1.29 is 14.2 Å². The quantitative estimate of drug-likeness (QED) is 0.303. The molecule has 0 radical (unpaired) electrons. The van der Waals surface area contributed by atoms with Crippen LogP contribution in [0.15, 0.2) is 42.6 Å². The summed E-state index contributed by atoms with van der Waals surface area (Å²) in [6, 6.07) is 12.4. The third kappa shape index (κ3) is 4.58. The van der Waals surface area contributed by atoms with E-state index in [0.29, 0.717) is 0 Å². The van der Waals surface area contributed by atoms with E-state index in [1.54, 1.807) is 21.3 Å². The number of nitrogens with zero attached hydrogens (tertiary/aromatic N) is 2. The molecule has 4 aromatic rings. The van der Waals surface area contributed by atoms with Gasteiger partial charge in [-0.2, -0.15) is 0 Å². The molecule has 0 aliphatic carbocycles. The zero-order valence-corrected chi connectivity index (χ0v) is 20.2. The average molecular weight is 445 g/mol. The first-order valence-corrected chi connectivity index (χ1v) is 11.6. The summed E-state index contributed by atoms with van der Waals surface area (Å²) >= 11 is 0. The lowest BCUT2D eigenvalue weighted by molar-refractivity contribution is 0.356. The van der Waals surface area contributed by atoms with Crippen LogP contribution < -0.4 is 14.2 Å². The minimum absolute atomic E-state index is 0.729. The van der Waals surface area contributed by atoms with Gasteiger partial charge >= 0.3 is 0 Å². The lowest BCUT2D eigenvalue weighted by Gasteiger charge is -2.16. The highest BCUT2D eigenvalue weighted by Crippen LogP contribution is 2.36. The Morgan fingerprint density at radius 2 is 1.42 bits per heavy atom. The van der Waals surface area contributed by atoms with Gasteiger partial charge < -0.3 is 14.2 Å². The number of aromatic nitrogens is 2. The first-order chi connectivity index (χ1) is 16.1. The first-order valence-electron chi connectivity index (χ1n) is 11.6. The molecule has 0 saturated heterocycles. The van der Waals surface area contributed by atoms with Crippen molar-refractivity contribution in [3.63, 3.8) is 0 Å². The van der Waals surface area contributed by atoms with E-state index >= 15 is 0 Å². The minimum atomic E-state index is 0.729. The lowest BCUT2D eigenvalue weighted by Crippen LogP contribution is -2.03. The zero-order valence-electron chi connectivity index (χ0n) is 20.2. The second-order valence-electron chi connectivity index (χ2n) is 8.31. The van der Waals surface area contributed by atoms with Gasteiger partial charge in [0.05, 0.1) is 26.8 Å². The monoisotopic (exact) mass is 444 g/mol. The number of benzene rings is 2. The molecular weight excluding hydrogens is 412 g/mol. The molecule has 0 N–H and O–H groups in total. The van der Waals surface area contributed by atoms with Crippen LogP contribution in [0.1, 0.15) is 49.2 Å². The highest BCUT2D eigenvalue weighted by Gasteiger charge is 2.16. The SMILES string of the molecule is CCCc1nc2ccc(OC)cc2cc1Cc1cnc(CCC)c2cc(OC)c(OC)cc12. The Labute approximate surface area is 195 Å². The van der Waals surface area contributed by atoms with Crippen molar-refractivity contribution in [2.24, 2.45) is 0 Å². The molecule has 2 heterocycles. The summed E-state index contributed by atoms with van der Waals surface area (Å²) in [5, 5.41) is 3.36. The summed E-state index contributed by atoms with van der Waals surface area (Å²) in [7, 11) is 5.04. The molecule has 2 aromatic carbocycles. The van der Waals surface area contributed by atoms with Crippen molar-refractivity contribution >= 4 is 21.7 Å². The maximum Gasteiger partial charge on any atom is 0.161 e. The molecule has 4 rings (SSSR count). The fraction of sp³-hybridized carbons (Fsp3) is 0.357. The van der Waals surface area contributed by atoms with Crippen LogP contribution in [0.2, 0.25) is 0 Å². The standard InChI is InChI=1S/C28H32N2O3/c1-6-8-24-18(12-19-14-21(31-3)10-11-25(19)30-24)13-20-17-29-26(9-7-2)23-16-28(33-5)27(32-4)15-22(20)23/h10-12,14-17H,6-9,13H2,1-5H3. The number of aryl methyl sites for hydroxylation is 2. The van der Waals surface area contributed by atoms with Crippen LogP contribution >= 0.6 is 0 Å². The number of methoxy groups -OCH3 is 3. The highest BCUT2D eigenvalue weighted by atomic mass is 16.5. The lowest BCUT2D eigenvalue weighted by atomic mass is 9.95. The summed E-state index contributed by atoms with van der Waals surface area (Å²) in [4.78, 5) is 9.86. The molecule has 0 bridgehead atoms. The third-order valence-electron chi connectivity index (χ3n) is 6.10. The van der Waals surface area contributed by atoms with Crippen molar-refractivity contribution in [3.05, 3.63) is 65.1 Å². The van der Waals surface area contributed by atoms with Crippen molar-refractivity contribution in [2.75, 3.05) is 21.3 Å². The second-order valence-corrected chi connectivity index (χ2v) is 8.31. The molecule has 0 atom stereocenters. The van der Waals surface area contributed by atoms with E-state index in [-0.39, 0.29) is 0 Å². The molecule has 0 amide bonds. The summed E-state index contributed by atoms with van der Waals surface area (Å²) in [5.41, 5.74) is 5.61. The van der Waals surface area contributed by atoms with E-state index in [2.05, 4.69) is 38.1 Å². The fourth-order valence-electron chi connectivity index (χ4n) is 4.43. The second kappa shape index (κ2) is 10.1. The van der Waals surface area contributed by atoms with Crippen LogP contribution in [0.5, 0.6) is 17.2 Å². The number of rotatable bonds is 9. The van der Waals surface area contributed by atoms with Gasteiger partial charge in [0.15, 0.2) is 11.5 Å². The van der Waals surface area contributed by atoms with Crippen LogP contribution in [-0.4, -0.2) is 31.3 Å². The van der Waals surface area contributed by atoms with Crippen LogP contribution in [0.4, 0.5) is 0 Å². The van der Waals surface area contributed by atoms with E-state index in [1.807, 2.05) is 18.3 Å². The summed E-state index contributed by atoms with van der Waals surface area (Å²) in [5.74, 6) is 2.30. The van der Waals surface area contributed by atoms with Crippen molar-refractivity contribution in [3.8, 4) is 17.2 Å². The number of hydrogen-bond donors (Lipinski definition) is 0. The Morgan fingerprint density at radius 3 is 2.09 bits per heavy atom. The van der Waals surface area contributed by atoms with Gasteiger partial charge in [0.25, 0.3) is 0 Å². The van der Waals surface area contributed by atoms with Gasteiger partial charge in [0.2, 0.25) is 0 Å². The number of hydrogen-bond acceptors (Lipinski definition) is 5. The summed E-state index contributed by atoms with van der Waals surface area (Å²) < 4.78 is 16.6. The van der Waals surface area contributed by atoms with Gasteiger partial charge in [-0.05, 0) is 65.8 Å². The van der Waals surface area contributed by atoms with Gasteiger partial charge in [-0.3, -0.25) is 9.97 Å². The van der Waals surface area contributed by atoms with Gasteiger partial charge in [0, 0.05) is 34.8 Å². The van der Waals surface area contributed by atoms with Crippen LogP contribution in [0, 0.1) is 0 Å². The van der Waals surface area contributed by atoms with Gasteiger partial charge in [0.1, 0.15) is 5.75 Å². The topological polar surface area (TPSA) is 53.5 Å². The van der Waals surface area contributed by atoms with Crippen LogP contribution in [0.25, 0.3) is 21.7 Å². The molecule has 33 heavy (non-hydrogen) atoms. The van der Waals surface area contributed by atoms with Crippen molar-refractivity contribution in [1.29, 1.82) is 0 Å². The molecular formula is C28H32N2O3. The predicted octanol–water partition coefficient (Wildman–Crippen LogP) is 6.30. The third-order valence-corrected chi connectivity index (χ3v) is 6.10. The van der Waals surface area contributed by atoms with E-state index in [1.165, 1.54) is 5.56 Å². The molecule has 0 saturated carbocycles. The molecule has 0 aliphatic heterocycles. The number of ether oxygens (including phenoxy) is 3. The Balaban J connectivity index is 1.88. The largest absolute Gasteiger partial charge is 0.497 e. The van der Waals surface area contributed by atoms with E-state index in [9.17, 15) is 0 Å². The molecule has 172 valence electrons. The van der Waals surface area contributed by atoms with Gasteiger partial charge in [-0.15, -0.1) is 0 Å². The zero-order chi connectivity index (χ0) is 23.4. The maximum absolute atomic E-state index is 5.62. The van der Waals surface area contributed by atoms with Crippen LogP contribution in [-0.2, 0) is 19.3 Å². The Morgan fingerprint density at radius 1 is 0.727 bits per heavy atom. The smallest absolute Gasteiger partial charge is 0.161 e. The average Bonchev–Trinajstić information content (AvgIpc) is 2.84. The summed E-state index contributed by atoms with van der Waals surface area (Å²) in [6.07, 6.45) is 6.71. The van der Waals surface area contributed by atoms with Gasteiger partial charge in [-0.1, -0.05) is 26.7 Å². The molecule has 5 nitrogen and oxygen atoms in total. The molecule has 0 unspecified atom stereocenters. The molecule has 0 fully saturated rings. The first kappa shape index (κ1) is 22.8.